The zero-order valence-corrected chi connectivity index (χ0v) is 13.4. The summed E-state index contributed by atoms with van der Waals surface area (Å²) < 4.78 is 5.80. The van der Waals surface area contributed by atoms with Crippen LogP contribution in [-0.4, -0.2) is 11.0 Å². The Kier molecular flexibility index (Phi) is 4.41. The van der Waals surface area contributed by atoms with Gasteiger partial charge in [-0.15, -0.1) is 0 Å². The molecular formula is C19H24N2O. The van der Waals surface area contributed by atoms with Gasteiger partial charge in [-0.25, -0.2) is 4.98 Å². The summed E-state index contributed by atoms with van der Waals surface area (Å²) in [5, 5.41) is 0. The zero-order chi connectivity index (χ0) is 15.4. The molecular weight excluding hydrogens is 272 g/mol. The van der Waals surface area contributed by atoms with Gasteiger partial charge in [0.25, 0.3) is 0 Å². The van der Waals surface area contributed by atoms with E-state index in [1.807, 2.05) is 30.3 Å². The van der Waals surface area contributed by atoms with Gasteiger partial charge in [-0.3, -0.25) is 4.99 Å². The lowest BCUT2D eigenvalue weighted by atomic mass is 9.70. The van der Waals surface area contributed by atoms with Crippen molar-refractivity contribution in [1.82, 2.24) is 4.98 Å². The fourth-order valence-electron chi connectivity index (χ4n) is 3.77. The second kappa shape index (κ2) is 6.47. The molecule has 2 atom stereocenters. The van der Waals surface area contributed by atoms with Crippen LogP contribution in [0.1, 0.15) is 45.3 Å². The predicted molar refractivity (Wildman–Crippen MR) is 87.3 cm³/mol. The third-order valence-electron chi connectivity index (χ3n) is 5.20. The molecule has 0 N–H and O–H groups in total. The predicted octanol–water partition coefficient (Wildman–Crippen LogP) is 4.11. The molecule has 2 aromatic rings. The van der Waals surface area contributed by atoms with Crippen LogP contribution in [0.5, 0.6) is 0 Å². The van der Waals surface area contributed by atoms with Gasteiger partial charge in [-0.2, -0.15) is 0 Å². The van der Waals surface area contributed by atoms with Crippen LogP contribution in [-0.2, 0) is 5.41 Å². The van der Waals surface area contributed by atoms with Gasteiger partial charge in [0.1, 0.15) is 11.2 Å². The van der Waals surface area contributed by atoms with Crippen molar-refractivity contribution < 1.29 is 4.42 Å². The summed E-state index contributed by atoms with van der Waals surface area (Å²) in [6, 6.07) is 12.2. The summed E-state index contributed by atoms with van der Waals surface area (Å²) in [4.78, 5) is 9.23. The monoisotopic (exact) mass is 296 g/mol. The lowest BCUT2D eigenvalue weighted by Gasteiger charge is -2.35. The van der Waals surface area contributed by atoms with Gasteiger partial charge < -0.3 is 4.42 Å². The van der Waals surface area contributed by atoms with Gasteiger partial charge in [-0.1, -0.05) is 31.9 Å². The molecule has 22 heavy (non-hydrogen) atoms. The highest BCUT2D eigenvalue weighted by atomic mass is 16.3. The van der Waals surface area contributed by atoms with E-state index < -0.39 is 0 Å². The van der Waals surface area contributed by atoms with Crippen LogP contribution in [0.4, 0.5) is 0 Å². The highest BCUT2D eigenvalue weighted by molar-refractivity contribution is 5.18. The van der Waals surface area contributed by atoms with Crippen LogP contribution in [0.15, 0.2) is 58.3 Å². The Hall–Kier alpha value is -1.90. The van der Waals surface area contributed by atoms with E-state index in [2.05, 4.69) is 24.9 Å². The van der Waals surface area contributed by atoms with E-state index >= 15 is 0 Å². The number of hydrogen-bond donors (Lipinski definition) is 0. The Morgan fingerprint density at radius 2 is 1.91 bits per heavy atom. The number of hydrogen-bond acceptors (Lipinski definition) is 3. The van der Waals surface area contributed by atoms with Crippen molar-refractivity contribution in [3.63, 3.8) is 0 Å². The minimum absolute atomic E-state index is 0.128. The molecule has 2 unspecified atom stereocenters. The van der Waals surface area contributed by atoms with Crippen LogP contribution in [0.25, 0.3) is 0 Å². The average molecular weight is 296 g/mol. The Morgan fingerprint density at radius 1 is 1.09 bits per heavy atom. The molecule has 0 aromatic carbocycles. The van der Waals surface area contributed by atoms with E-state index in [1.165, 1.54) is 25.7 Å². The summed E-state index contributed by atoms with van der Waals surface area (Å²) in [6.45, 7) is 4.51. The SMILES string of the molecule is CC(N=c1cccccn1)C(C)C1(c2ccco2)CCCC1. The molecule has 1 fully saturated rings. The van der Waals surface area contributed by atoms with Crippen LogP contribution in [0.2, 0.25) is 0 Å². The van der Waals surface area contributed by atoms with Gasteiger partial charge in [0.05, 0.1) is 12.3 Å². The molecule has 0 spiro atoms. The van der Waals surface area contributed by atoms with Crippen LogP contribution in [0, 0.1) is 5.92 Å². The molecule has 3 nitrogen and oxygen atoms in total. The first-order valence-corrected chi connectivity index (χ1v) is 8.21. The summed E-state index contributed by atoms with van der Waals surface area (Å²) in [5.74, 6) is 1.56. The summed E-state index contributed by atoms with van der Waals surface area (Å²) in [5.41, 5.74) is 0.931. The van der Waals surface area contributed by atoms with E-state index in [0.717, 1.165) is 11.2 Å². The summed E-state index contributed by atoms with van der Waals surface area (Å²) in [7, 11) is 0. The van der Waals surface area contributed by atoms with Gasteiger partial charge >= 0.3 is 0 Å². The highest BCUT2D eigenvalue weighted by Crippen LogP contribution is 2.48. The van der Waals surface area contributed by atoms with Crippen molar-refractivity contribution >= 4 is 0 Å². The fraction of sp³-hybridized carbons (Fsp3) is 0.474. The lowest BCUT2D eigenvalue weighted by molar-refractivity contribution is 0.215. The third kappa shape index (κ3) is 2.85. The second-order valence-corrected chi connectivity index (χ2v) is 6.38. The molecule has 3 heteroatoms. The Balaban J connectivity index is 1.92. The largest absolute Gasteiger partial charge is 0.469 e. The minimum atomic E-state index is 0.128. The van der Waals surface area contributed by atoms with Gasteiger partial charge in [0.2, 0.25) is 0 Å². The number of furan rings is 1. The third-order valence-corrected chi connectivity index (χ3v) is 5.20. The first kappa shape index (κ1) is 15.0. The topological polar surface area (TPSA) is 38.4 Å². The highest BCUT2D eigenvalue weighted by Gasteiger charge is 2.44. The zero-order valence-electron chi connectivity index (χ0n) is 13.4. The molecule has 3 rings (SSSR count). The van der Waals surface area contributed by atoms with Crippen molar-refractivity contribution in [2.24, 2.45) is 10.9 Å². The van der Waals surface area contributed by atoms with Crippen LogP contribution >= 0.6 is 0 Å². The van der Waals surface area contributed by atoms with E-state index in [9.17, 15) is 0 Å². The minimum Gasteiger partial charge on any atom is -0.469 e. The maximum absolute atomic E-state index is 5.80. The smallest absolute Gasteiger partial charge is 0.147 e. The normalized spacial score (nSPS) is 20.7. The molecule has 1 aliphatic carbocycles. The van der Waals surface area contributed by atoms with Crippen LogP contribution in [0.3, 0.4) is 0 Å². The molecule has 1 saturated carbocycles. The van der Waals surface area contributed by atoms with E-state index in [4.69, 9.17) is 9.41 Å². The Bertz CT molecular complexity index is 635. The molecule has 0 bridgehead atoms. The van der Waals surface area contributed by atoms with Gasteiger partial charge in [0.15, 0.2) is 0 Å². The van der Waals surface area contributed by atoms with Crippen molar-refractivity contribution in [2.45, 2.75) is 51.0 Å². The lowest BCUT2D eigenvalue weighted by Crippen LogP contribution is -2.37. The quantitative estimate of drug-likeness (QED) is 0.851. The molecule has 2 heterocycles. The first-order valence-electron chi connectivity index (χ1n) is 8.21. The summed E-state index contributed by atoms with van der Waals surface area (Å²) >= 11 is 0. The molecule has 2 aromatic heterocycles. The van der Waals surface area contributed by atoms with Crippen LogP contribution < -0.4 is 5.49 Å². The summed E-state index contributed by atoms with van der Waals surface area (Å²) in [6.07, 6.45) is 8.53. The average Bonchev–Trinajstić information content (AvgIpc) is 3.16. The molecule has 0 radical (unpaired) electrons. The van der Waals surface area contributed by atoms with Crippen molar-refractivity contribution in [1.29, 1.82) is 0 Å². The van der Waals surface area contributed by atoms with E-state index in [-0.39, 0.29) is 11.5 Å². The van der Waals surface area contributed by atoms with Crippen molar-refractivity contribution in [3.8, 4) is 0 Å². The van der Waals surface area contributed by atoms with E-state index in [1.54, 1.807) is 12.5 Å². The fourth-order valence-corrected chi connectivity index (χ4v) is 3.77. The van der Waals surface area contributed by atoms with E-state index in [0.29, 0.717) is 5.92 Å². The van der Waals surface area contributed by atoms with Crippen molar-refractivity contribution in [3.05, 3.63) is 60.1 Å². The molecule has 0 aliphatic heterocycles. The molecule has 116 valence electrons. The van der Waals surface area contributed by atoms with Crippen molar-refractivity contribution in [2.75, 3.05) is 0 Å². The van der Waals surface area contributed by atoms with Gasteiger partial charge in [-0.05, 0) is 49.9 Å². The first-order chi connectivity index (χ1) is 10.7. The number of aromatic nitrogens is 1. The molecule has 0 saturated heterocycles. The second-order valence-electron chi connectivity index (χ2n) is 6.38. The molecule has 0 amide bonds. The molecule has 1 aliphatic rings. The van der Waals surface area contributed by atoms with Gasteiger partial charge in [0, 0.05) is 11.6 Å². The Labute approximate surface area is 132 Å². The maximum Gasteiger partial charge on any atom is 0.147 e. The number of nitrogens with zero attached hydrogens (tertiary/aromatic N) is 2. The Morgan fingerprint density at radius 3 is 2.64 bits per heavy atom. The number of rotatable bonds is 4. The maximum atomic E-state index is 5.80. The standard InChI is InChI=1S/C19H24N2O/c1-15(16(2)21-18-10-4-3-7-13-20-18)19(11-5-6-12-19)17-9-8-14-22-17/h3-4,7-10,13-16H,5-6,11-12H2,1-2H3.